The van der Waals surface area contributed by atoms with Crippen molar-refractivity contribution in [3.8, 4) is 40.3 Å². The van der Waals surface area contributed by atoms with Crippen molar-refractivity contribution in [1.29, 1.82) is 10.5 Å². The average Bonchev–Trinajstić information content (AvgIpc) is 3.89. The fourth-order valence-corrected chi connectivity index (χ4v) is 8.84. The van der Waals surface area contributed by atoms with Crippen molar-refractivity contribution in [2.75, 3.05) is 0 Å². The number of para-hydroxylation sites is 5. The summed E-state index contributed by atoms with van der Waals surface area (Å²) in [7, 11) is 0. The van der Waals surface area contributed by atoms with Gasteiger partial charge in [0.25, 0.3) is 0 Å². The summed E-state index contributed by atoms with van der Waals surface area (Å²) in [4.78, 5) is 0. The van der Waals surface area contributed by atoms with Crippen LogP contribution >= 0.6 is 0 Å². The molecule has 254 valence electrons. The number of hydrogen-bond acceptors (Lipinski definition) is 2. The largest absolute Gasteiger partial charge is 0.309 e. The monoisotopic (exact) mass is 699 g/mol. The Morgan fingerprint density at radius 2 is 0.818 bits per heavy atom. The highest BCUT2D eigenvalue weighted by atomic mass is 15.0. The summed E-state index contributed by atoms with van der Waals surface area (Å²) in [5, 5.41) is 27.6. The van der Waals surface area contributed by atoms with Gasteiger partial charge < -0.3 is 13.7 Å². The first-order valence-corrected chi connectivity index (χ1v) is 18.3. The van der Waals surface area contributed by atoms with Crippen LogP contribution in [0.3, 0.4) is 0 Å². The van der Waals surface area contributed by atoms with Gasteiger partial charge in [-0.1, -0.05) is 109 Å². The van der Waals surface area contributed by atoms with E-state index in [1.165, 1.54) is 10.8 Å². The zero-order chi connectivity index (χ0) is 36.6. The Labute approximate surface area is 316 Å². The maximum atomic E-state index is 10.8. The van der Waals surface area contributed by atoms with Gasteiger partial charge in [0.2, 0.25) is 0 Å². The molecule has 0 amide bonds. The predicted molar refractivity (Wildman–Crippen MR) is 224 cm³/mol. The van der Waals surface area contributed by atoms with Gasteiger partial charge >= 0.3 is 0 Å². The van der Waals surface area contributed by atoms with Gasteiger partial charge in [-0.2, -0.15) is 10.5 Å². The molecule has 0 aliphatic carbocycles. The normalized spacial score (nSPS) is 11.6. The van der Waals surface area contributed by atoms with Crippen molar-refractivity contribution in [2.45, 2.75) is 0 Å². The van der Waals surface area contributed by atoms with Gasteiger partial charge in [0.1, 0.15) is 0 Å². The molecule has 8 aromatic carbocycles. The minimum absolute atomic E-state index is 0.577. The van der Waals surface area contributed by atoms with Crippen molar-refractivity contribution < 1.29 is 0 Å². The van der Waals surface area contributed by atoms with Crippen LogP contribution in [0.25, 0.3) is 93.6 Å². The third kappa shape index (κ3) is 4.39. The van der Waals surface area contributed by atoms with E-state index in [0.717, 1.165) is 82.8 Å². The highest BCUT2D eigenvalue weighted by molar-refractivity contribution is 6.13. The Morgan fingerprint density at radius 1 is 0.327 bits per heavy atom. The summed E-state index contributed by atoms with van der Waals surface area (Å²) in [6.07, 6.45) is 0. The summed E-state index contributed by atoms with van der Waals surface area (Å²) < 4.78 is 6.86. The molecule has 0 aliphatic rings. The second-order valence-corrected chi connectivity index (χ2v) is 13.9. The van der Waals surface area contributed by atoms with Crippen LogP contribution in [0.5, 0.6) is 0 Å². The molecule has 0 bridgehead atoms. The van der Waals surface area contributed by atoms with Gasteiger partial charge in [-0.3, -0.25) is 0 Å². The molecule has 11 rings (SSSR count). The van der Waals surface area contributed by atoms with Gasteiger partial charge in [0, 0.05) is 54.8 Å². The van der Waals surface area contributed by atoms with Gasteiger partial charge in [-0.15, -0.1) is 0 Å². The molecule has 0 fully saturated rings. The molecule has 0 spiro atoms. The number of aromatic nitrogens is 3. The van der Waals surface area contributed by atoms with Crippen molar-refractivity contribution >= 4 is 65.4 Å². The SMILES string of the molecule is N#Cc1cc(-n2c3ccccc3c3ccc(-n4c5ccccc5c5ccccc54)cc32)ccc1-c1ccccc1-n1c2ccccc2c2c(C#N)cccc21. The van der Waals surface area contributed by atoms with Crippen LogP contribution in [-0.2, 0) is 0 Å². The highest BCUT2D eigenvalue weighted by Crippen LogP contribution is 2.40. The molecule has 3 heterocycles. The van der Waals surface area contributed by atoms with E-state index < -0.39 is 0 Å². The first kappa shape index (κ1) is 30.7. The number of nitrogens with zero attached hydrogens (tertiary/aromatic N) is 5. The predicted octanol–water partition coefficient (Wildman–Crippen LogP) is 12.4. The quantitative estimate of drug-likeness (QED) is 0.184. The van der Waals surface area contributed by atoms with Crippen molar-refractivity contribution in [3.05, 3.63) is 187 Å². The molecule has 0 atom stereocenters. The molecule has 11 aromatic rings. The minimum atomic E-state index is 0.577. The topological polar surface area (TPSA) is 62.4 Å². The van der Waals surface area contributed by atoms with Crippen molar-refractivity contribution in [2.24, 2.45) is 0 Å². The van der Waals surface area contributed by atoms with Gasteiger partial charge in [0.15, 0.2) is 0 Å². The summed E-state index contributed by atoms with van der Waals surface area (Å²) in [5.74, 6) is 0. The number of hydrogen-bond donors (Lipinski definition) is 0. The average molecular weight is 700 g/mol. The van der Waals surface area contributed by atoms with Crippen LogP contribution in [0.4, 0.5) is 0 Å². The highest BCUT2D eigenvalue weighted by Gasteiger charge is 2.21. The molecule has 0 saturated heterocycles. The number of nitriles is 2. The van der Waals surface area contributed by atoms with Crippen LogP contribution in [0.2, 0.25) is 0 Å². The molecule has 5 heteroatoms. The lowest BCUT2D eigenvalue weighted by Gasteiger charge is -2.16. The maximum absolute atomic E-state index is 10.8. The molecule has 0 N–H and O–H groups in total. The number of fused-ring (bicyclic) bond motifs is 9. The maximum Gasteiger partial charge on any atom is 0.0998 e. The molecule has 55 heavy (non-hydrogen) atoms. The van der Waals surface area contributed by atoms with E-state index in [2.05, 4.69) is 159 Å². The smallest absolute Gasteiger partial charge is 0.0998 e. The van der Waals surface area contributed by atoms with E-state index in [9.17, 15) is 10.5 Å². The summed E-state index contributed by atoms with van der Waals surface area (Å²) in [5.41, 5.74) is 12.4. The van der Waals surface area contributed by atoms with E-state index in [0.29, 0.717) is 11.1 Å². The Kier molecular flexibility index (Phi) is 6.61. The van der Waals surface area contributed by atoms with E-state index in [1.807, 2.05) is 42.5 Å². The van der Waals surface area contributed by atoms with E-state index in [4.69, 9.17) is 0 Å². The van der Waals surface area contributed by atoms with E-state index >= 15 is 0 Å². The summed E-state index contributed by atoms with van der Waals surface area (Å²) in [6, 6.07) is 65.9. The lowest BCUT2D eigenvalue weighted by molar-refractivity contribution is 1.15. The molecule has 5 nitrogen and oxygen atoms in total. The molecule has 0 saturated carbocycles. The molecule has 0 radical (unpaired) electrons. The lowest BCUT2D eigenvalue weighted by atomic mass is 9.97. The summed E-state index contributed by atoms with van der Waals surface area (Å²) in [6.45, 7) is 0. The molecule has 3 aromatic heterocycles. The van der Waals surface area contributed by atoms with Crippen LogP contribution in [-0.4, -0.2) is 13.7 Å². The van der Waals surface area contributed by atoms with Crippen LogP contribution in [0.15, 0.2) is 176 Å². The second kappa shape index (κ2) is 11.8. The molecule has 0 aliphatic heterocycles. The third-order valence-corrected chi connectivity index (χ3v) is 11.1. The van der Waals surface area contributed by atoms with Crippen LogP contribution in [0, 0.1) is 22.7 Å². The molecular formula is C50H29N5. The zero-order valence-corrected chi connectivity index (χ0v) is 29.5. The first-order valence-electron chi connectivity index (χ1n) is 18.3. The zero-order valence-electron chi connectivity index (χ0n) is 29.5. The lowest BCUT2D eigenvalue weighted by Crippen LogP contribution is -2.00. The van der Waals surface area contributed by atoms with Gasteiger partial charge in [-0.25, -0.2) is 0 Å². The second-order valence-electron chi connectivity index (χ2n) is 13.9. The fourth-order valence-electron chi connectivity index (χ4n) is 8.84. The standard InChI is InChI=1S/C50H29N5/c51-30-32-12-11-23-48-50(32)42-17-5-10-22-47(42)55(48)46-21-9-1-13-37(46)36-26-24-34(28-33(36)31-52)54-45-20-8-4-16-40(45)41-27-25-35(29-49(41)54)53-43-18-6-2-14-38(43)39-15-3-7-19-44(39)53/h1-29H. The van der Waals surface area contributed by atoms with Crippen LogP contribution in [0.1, 0.15) is 11.1 Å². The van der Waals surface area contributed by atoms with E-state index in [1.54, 1.807) is 0 Å². The Hall–Kier alpha value is -7.86. The van der Waals surface area contributed by atoms with E-state index in [-0.39, 0.29) is 0 Å². The number of rotatable bonds is 4. The van der Waals surface area contributed by atoms with Gasteiger partial charge in [0.05, 0.1) is 62.1 Å². The minimum Gasteiger partial charge on any atom is -0.309 e. The Morgan fingerprint density at radius 3 is 1.47 bits per heavy atom. The third-order valence-electron chi connectivity index (χ3n) is 11.1. The molecular weight excluding hydrogens is 671 g/mol. The van der Waals surface area contributed by atoms with Crippen molar-refractivity contribution in [1.82, 2.24) is 13.7 Å². The Balaban J connectivity index is 1.13. The molecule has 0 unspecified atom stereocenters. The fraction of sp³-hybridized carbons (Fsp3) is 0. The number of benzene rings is 8. The first-order chi connectivity index (χ1) is 27.2. The van der Waals surface area contributed by atoms with Gasteiger partial charge in [-0.05, 0) is 66.7 Å². The Bertz CT molecular complexity index is 3420. The van der Waals surface area contributed by atoms with Crippen molar-refractivity contribution in [3.63, 3.8) is 0 Å². The van der Waals surface area contributed by atoms with Crippen LogP contribution < -0.4 is 0 Å². The summed E-state index contributed by atoms with van der Waals surface area (Å²) >= 11 is 0.